The number of benzene rings is 2. The highest BCUT2D eigenvalue weighted by atomic mass is 32.1. The van der Waals surface area contributed by atoms with Crippen LogP contribution in [0.15, 0.2) is 34.3 Å². The Bertz CT molecular complexity index is 1780. The quantitative estimate of drug-likeness (QED) is 0.235. The molecule has 2 aromatic heterocycles. The van der Waals surface area contributed by atoms with Gasteiger partial charge in [-0.2, -0.15) is 0 Å². The number of aryl methyl sites for hydroxylation is 2. The van der Waals surface area contributed by atoms with Crippen molar-refractivity contribution < 1.29 is 19.2 Å². The first kappa shape index (κ1) is 26.3. The highest BCUT2D eigenvalue weighted by molar-refractivity contribution is 7.25. The number of nitrogens with zero attached hydrogens (tertiary/aromatic N) is 2. The molecule has 42 heavy (non-hydrogen) atoms. The summed E-state index contributed by atoms with van der Waals surface area (Å²) in [6, 6.07) is 8.37. The van der Waals surface area contributed by atoms with Gasteiger partial charge in [-0.25, -0.2) is 9.98 Å². The third kappa shape index (κ3) is 3.80. The molecule has 0 amide bonds. The molecule has 2 aromatic carbocycles. The second kappa shape index (κ2) is 9.58. The molecule has 4 atom stereocenters. The van der Waals surface area contributed by atoms with Crippen LogP contribution in [0.4, 0.5) is 10.0 Å². The number of rotatable bonds is 2. The standard InChI is InChI=1S/C34H30N2O4S2/c1-15-11-23-24(33-21(15)13-25(41-33)35-27-29(37)17-7-3-4-8-18(17)30(27)38)12-16(2)22-14-26(42-34(22)23)36-28-31(39)19-9-5-6-10-20(19)32(28)40/h11-14,17-20H,3-10H2,1-2H3. The lowest BCUT2D eigenvalue weighted by molar-refractivity contribution is -0.120. The normalized spacial score (nSPS) is 26.1. The third-order valence-corrected chi connectivity index (χ3v) is 12.2. The van der Waals surface area contributed by atoms with Crippen LogP contribution in [0.1, 0.15) is 62.5 Å². The van der Waals surface area contributed by atoms with Gasteiger partial charge >= 0.3 is 0 Å². The average molecular weight is 595 g/mol. The first-order valence-corrected chi connectivity index (χ1v) is 16.7. The molecule has 0 radical (unpaired) electrons. The Morgan fingerprint density at radius 1 is 0.524 bits per heavy atom. The van der Waals surface area contributed by atoms with Gasteiger partial charge in [0.1, 0.15) is 10.0 Å². The van der Waals surface area contributed by atoms with Gasteiger partial charge in [-0.1, -0.05) is 25.7 Å². The Balaban J connectivity index is 1.23. The van der Waals surface area contributed by atoms with Gasteiger partial charge in [0.05, 0.1) is 0 Å². The lowest BCUT2D eigenvalue weighted by atomic mass is 9.81. The first-order valence-electron chi connectivity index (χ1n) is 15.0. The minimum Gasteiger partial charge on any atom is -0.292 e. The van der Waals surface area contributed by atoms with Crippen molar-refractivity contribution in [2.24, 2.45) is 33.7 Å². The first-order chi connectivity index (χ1) is 20.3. The number of hydrogen-bond donors (Lipinski definition) is 0. The minimum absolute atomic E-state index is 0.0764. The molecule has 0 bridgehead atoms. The number of ketones is 4. The second-order valence-corrected chi connectivity index (χ2v) is 14.6. The van der Waals surface area contributed by atoms with E-state index in [1.807, 2.05) is 12.1 Å². The van der Waals surface area contributed by atoms with Crippen molar-refractivity contribution >= 4 is 98.2 Å². The summed E-state index contributed by atoms with van der Waals surface area (Å²) in [4.78, 5) is 61.7. The summed E-state index contributed by atoms with van der Waals surface area (Å²) in [6.07, 6.45) is 7.16. The summed E-state index contributed by atoms with van der Waals surface area (Å²) in [6.45, 7) is 4.15. The molecule has 4 aliphatic carbocycles. The summed E-state index contributed by atoms with van der Waals surface area (Å²) < 4.78 is 2.16. The van der Waals surface area contributed by atoms with Crippen molar-refractivity contribution in [1.29, 1.82) is 0 Å². The van der Waals surface area contributed by atoms with E-state index in [0.29, 0.717) is 10.0 Å². The zero-order chi connectivity index (χ0) is 28.9. The van der Waals surface area contributed by atoms with Crippen LogP contribution in [-0.4, -0.2) is 34.6 Å². The van der Waals surface area contributed by atoms with Gasteiger partial charge in [-0.15, -0.1) is 22.7 Å². The Kier molecular flexibility index (Phi) is 5.99. The number of hydrogen-bond acceptors (Lipinski definition) is 8. The molecule has 6 nitrogen and oxygen atoms in total. The molecule has 212 valence electrons. The van der Waals surface area contributed by atoms with Crippen LogP contribution in [0.25, 0.3) is 30.9 Å². The van der Waals surface area contributed by atoms with E-state index in [9.17, 15) is 19.2 Å². The molecule has 4 saturated carbocycles. The Labute approximate surface area is 250 Å². The van der Waals surface area contributed by atoms with E-state index in [4.69, 9.17) is 0 Å². The van der Waals surface area contributed by atoms with Gasteiger partial charge in [0, 0.05) is 43.8 Å². The third-order valence-electron chi connectivity index (χ3n) is 10.0. The summed E-state index contributed by atoms with van der Waals surface area (Å²) in [5.41, 5.74) is 2.46. The minimum atomic E-state index is -0.187. The SMILES string of the molecule is Cc1cc2c(cc(C)c3cc(N=C4C(=O)C5CCCCC5C4=O)sc32)c2sc(N=C3C(=O)C4CCCCC4C3=O)cc12. The predicted molar refractivity (Wildman–Crippen MR) is 169 cm³/mol. The maximum absolute atomic E-state index is 13.1. The van der Waals surface area contributed by atoms with E-state index in [0.717, 1.165) is 93.4 Å². The van der Waals surface area contributed by atoms with E-state index in [-0.39, 0.29) is 58.2 Å². The van der Waals surface area contributed by atoms with Gasteiger partial charge in [-0.05, 0) is 85.7 Å². The monoisotopic (exact) mass is 594 g/mol. The highest BCUT2D eigenvalue weighted by Crippen LogP contribution is 2.46. The summed E-state index contributed by atoms with van der Waals surface area (Å²) >= 11 is 3.05. The fraction of sp³-hybridized carbons (Fsp3) is 0.412. The molecule has 0 saturated heterocycles. The number of Topliss-reactive ketones (excluding diaryl/α,β-unsaturated/α-hetero) is 4. The lowest BCUT2D eigenvalue weighted by Gasteiger charge is -2.20. The van der Waals surface area contributed by atoms with Gasteiger partial charge in [0.25, 0.3) is 0 Å². The molecule has 2 heterocycles. The number of carbonyl (C=O) groups is 4. The average Bonchev–Trinajstić information content (AvgIpc) is 3.73. The maximum atomic E-state index is 13.1. The lowest BCUT2D eigenvalue weighted by Crippen LogP contribution is -2.21. The predicted octanol–water partition coefficient (Wildman–Crippen LogP) is 7.95. The maximum Gasteiger partial charge on any atom is 0.188 e. The van der Waals surface area contributed by atoms with Crippen molar-refractivity contribution in [3.05, 3.63) is 35.4 Å². The Hall–Kier alpha value is -3.36. The number of carbonyl (C=O) groups excluding carboxylic acids is 4. The smallest absolute Gasteiger partial charge is 0.188 e. The summed E-state index contributed by atoms with van der Waals surface area (Å²) in [5, 5.41) is 5.70. The van der Waals surface area contributed by atoms with Gasteiger partial charge in [-0.3, -0.25) is 19.2 Å². The zero-order valence-corrected chi connectivity index (χ0v) is 25.3. The van der Waals surface area contributed by atoms with Crippen LogP contribution in [-0.2, 0) is 19.2 Å². The fourth-order valence-corrected chi connectivity index (χ4v) is 10.1. The summed E-state index contributed by atoms with van der Waals surface area (Å²) in [7, 11) is 0. The number of fused-ring (bicyclic) bond motifs is 7. The zero-order valence-electron chi connectivity index (χ0n) is 23.6. The molecule has 0 spiro atoms. The van der Waals surface area contributed by atoms with Crippen LogP contribution in [0.2, 0.25) is 0 Å². The summed E-state index contributed by atoms with van der Waals surface area (Å²) in [5.74, 6) is -1.05. The van der Waals surface area contributed by atoms with Crippen molar-refractivity contribution in [2.75, 3.05) is 0 Å². The van der Waals surface area contributed by atoms with E-state index in [1.165, 1.54) is 22.7 Å². The van der Waals surface area contributed by atoms with E-state index >= 15 is 0 Å². The molecule has 4 aliphatic rings. The number of thiophene rings is 2. The molecule has 4 aromatic rings. The van der Waals surface area contributed by atoms with Crippen molar-refractivity contribution in [2.45, 2.75) is 65.2 Å². The molecule has 4 unspecified atom stereocenters. The van der Waals surface area contributed by atoms with Crippen LogP contribution >= 0.6 is 22.7 Å². The van der Waals surface area contributed by atoms with Gasteiger partial charge in [0.15, 0.2) is 34.6 Å². The topological polar surface area (TPSA) is 93.0 Å². The molecule has 0 N–H and O–H groups in total. The van der Waals surface area contributed by atoms with Crippen molar-refractivity contribution in [3.63, 3.8) is 0 Å². The largest absolute Gasteiger partial charge is 0.292 e. The van der Waals surface area contributed by atoms with E-state index in [2.05, 4.69) is 36.0 Å². The van der Waals surface area contributed by atoms with Crippen LogP contribution in [0, 0.1) is 37.5 Å². The Morgan fingerprint density at radius 2 is 0.857 bits per heavy atom. The molecule has 0 aliphatic heterocycles. The highest BCUT2D eigenvalue weighted by Gasteiger charge is 2.48. The van der Waals surface area contributed by atoms with Crippen molar-refractivity contribution in [3.8, 4) is 0 Å². The molecule has 8 heteroatoms. The van der Waals surface area contributed by atoms with Crippen LogP contribution in [0.3, 0.4) is 0 Å². The molecule has 4 fully saturated rings. The van der Waals surface area contributed by atoms with Gasteiger partial charge < -0.3 is 0 Å². The van der Waals surface area contributed by atoms with Crippen LogP contribution in [0.5, 0.6) is 0 Å². The molecule has 8 rings (SSSR count). The van der Waals surface area contributed by atoms with Crippen molar-refractivity contribution in [1.82, 2.24) is 0 Å². The Morgan fingerprint density at radius 3 is 1.19 bits per heavy atom. The number of aliphatic imine (C=N–C) groups is 2. The van der Waals surface area contributed by atoms with Crippen LogP contribution < -0.4 is 0 Å². The second-order valence-electron chi connectivity index (χ2n) is 12.5. The fourth-order valence-electron chi connectivity index (χ4n) is 7.88. The van der Waals surface area contributed by atoms with E-state index < -0.39 is 0 Å². The van der Waals surface area contributed by atoms with Gasteiger partial charge in [0.2, 0.25) is 0 Å². The van der Waals surface area contributed by atoms with E-state index in [1.54, 1.807) is 0 Å². The molecular formula is C34H30N2O4S2. The molecular weight excluding hydrogens is 565 g/mol.